The molecule has 10 nitrogen and oxygen atoms in total. The number of aromatic hydroxyl groups is 4. The first-order chi connectivity index (χ1) is 50.8. The van der Waals surface area contributed by atoms with E-state index in [1.807, 2.05) is 13.8 Å². The van der Waals surface area contributed by atoms with E-state index in [0.29, 0.717) is 24.0 Å². The minimum absolute atomic E-state index is 0. The van der Waals surface area contributed by atoms with Crippen molar-refractivity contribution in [3.8, 4) is 23.0 Å². The minimum atomic E-state index is -1.47. The molecule has 598 valence electrons. The number of unbranched alkanes of at least 4 members (excludes halogenated alkanes) is 48. The molecule has 0 atom stereocenters. The predicted molar refractivity (Wildman–Crippen MR) is 443 cm³/mol. The van der Waals surface area contributed by atoms with E-state index in [9.17, 15) is 30.0 Å². The van der Waals surface area contributed by atoms with Crippen molar-refractivity contribution < 1.29 is 56.7 Å². The largest absolute Gasteiger partial charge is 2.00 e. The Morgan fingerprint density at radius 2 is 0.524 bits per heavy atom. The number of aliphatic imine (C=N–C) groups is 2. The van der Waals surface area contributed by atoms with E-state index in [2.05, 4.69) is 76.2 Å². The molecular weight excluding hydrogens is 1340 g/mol. The van der Waals surface area contributed by atoms with Gasteiger partial charge in [-0.05, 0) is 123 Å². The molecule has 0 aliphatic heterocycles. The van der Waals surface area contributed by atoms with Crippen LogP contribution in [0.4, 0.5) is 11.4 Å². The number of aryl methyl sites for hydroxylation is 4. The van der Waals surface area contributed by atoms with E-state index in [1.54, 1.807) is 0 Å². The van der Waals surface area contributed by atoms with E-state index >= 15 is 0 Å². The summed E-state index contributed by atoms with van der Waals surface area (Å²) in [6.45, 7) is 13.1. The monoisotopic (exact) mass is 1500 g/mol. The molecule has 0 spiro atoms. The molecule has 0 amide bonds. The fourth-order valence-electron chi connectivity index (χ4n) is 14.4. The van der Waals surface area contributed by atoms with Crippen molar-refractivity contribution in [3.63, 3.8) is 0 Å². The van der Waals surface area contributed by atoms with Crippen molar-refractivity contribution in [2.45, 2.75) is 427 Å². The summed E-state index contributed by atoms with van der Waals surface area (Å²) >= 11 is 0. The van der Waals surface area contributed by atoms with Gasteiger partial charge in [0.2, 0.25) is 0 Å². The van der Waals surface area contributed by atoms with Gasteiger partial charge >= 0.3 is 16.5 Å². The molecular formula is C94H154N2NiO8. The quantitative estimate of drug-likeness (QED) is 0.0146. The summed E-state index contributed by atoms with van der Waals surface area (Å²) in [6, 6.07) is 24.0. The van der Waals surface area contributed by atoms with Crippen LogP contribution in [0.2, 0.25) is 0 Å². The first-order valence-corrected chi connectivity index (χ1v) is 43.7. The number of rotatable bonds is 65. The molecule has 4 aromatic rings. The van der Waals surface area contributed by atoms with Crippen molar-refractivity contribution in [2.24, 2.45) is 9.98 Å². The number of benzene rings is 4. The van der Waals surface area contributed by atoms with Crippen LogP contribution in [-0.4, -0.2) is 43.8 Å². The van der Waals surface area contributed by atoms with Gasteiger partial charge in [0.15, 0.2) is 23.0 Å². The summed E-state index contributed by atoms with van der Waals surface area (Å²) in [6.07, 6.45) is 80.1. The van der Waals surface area contributed by atoms with Crippen LogP contribution in [0.3, 0.4) is 0 Å². The SMILES string of the molecule is CCCCCCCCCCCCCCCCCCCCCCCCCCC(=Nc1cccc(CCCCCCCCCCCCCCC)c1)C(CCCC)=Nc1cccc(CCCCCCCCCCCCCCC)c1.CCCc1ccc(O)c(O)c1C(=O)[O-].CCCc1ccc(O)c(O)c1C(=O)[O-].[Ni+2]. The molecule has 4 N–H and O–H groups in total. The first kappa shape index (κ1) is 97.9. The van der Waals surface area contributed by atoms with Crippen molar-refractivity contribution in [1.29, 1.82) is 0 Å². The maximum absolute atomic E-state index is 10.7. The molecule has 105 heavy (non-hydrogen) atoms. The van der Waals surface area contributed by atoms with E-state index in [0.717, 1.165) is 49.9 Å². The number of phenols is 4. The topological polar surface area (TPSA) is 186 Å². The second-order valence-electron chi connectivity index (χ2n) is 30.4. The zero-order valence-corrected chi connectivity index (χ0v) is 69.0. The molecule has 0 aliphatic carbocycles. The van der Waals surface area contributed by atoms with Gasteiger partial charge < -0.3 is 40.2 Å². The van der Waals surface area contributed by atoms with Gasteiger partial charge in [0, 0.05) is 11.1 Å². The molecule has 0 aromatic heterocycles. The number of hydrogen-bond donors (Lipinski definition) is 4. The van der Waals surface area contributed by atoms with Gasteiger partial charge in [-0.25, -0.2) is 0 Å². The number of carboxylic acid groups (broad SMARTS) is 2. The smallest absolute Gasteiger partial charge is 0.545 e. The van der Waals surface area contributed by atoms with Gasteiger partial charge in [-0.1, -0.05) is 399 Å². The molecule has 0 saturated carbocycles. The molecule has 0 bridgehead atoms. The Morgan fingerprint density at radius 1 is 0.286 bits per heavy atom. The fourth-order valence-corrected chi connectivity index (χ4v) is 14.4. The van der Waals surface area contributed by atoms with Gasteiger partial charge in [-0.3, -0.25) is 9.98 Å². The number of phenolic OH excluding ortho intramolecular Hbond substituents is 2. The van der Waals surface area contributed by atoms with Crippen LogP contribution in [0.15, 0.2) is 82.8 Å². The Labute approximate surface area is 653 Å². The standard InChI is InChI=1S/C74H132N2.2C10H12O4.Ni/c1-5-9-13-16-19-22-25-28-29-30-31-32-33-34-35-36-37-38-41-44-47-50-53-56-66-74(76-72-64-58-62-70(68-72)60-55-52-49-46-43-40-27-24-21-18-15-11-7-3)73(65-12-8-4)75-71-63-57-61-69(67-71)59-54-51-48-45-42-39-26-23-20-17-14-10-6-2;2*1-2-3-6-4-5-7(11)9(12)8(6)10(13)14;/h57-58,61-64,67-68H,5-56,59-60,65-66H2,1-4H3;2*4-5,11-12H,2-3H2,1H3,(H,13,14);/q;;;+2/p-2. The third-order valence-corrected chi connectivity index (χ3v) is 20.8. The molecule has 4 aromatic carbocycles. The van der Waals surface area contributed by atoms with E-state index in [4.69, 9.17) is 20.2 Å². The van der Waals surface area contributed by atoms with Crippen molar-refractivity contribution >= 4 is 34.7 Å². The Morgan fingerprint density at radius 3 is 0.771 bits per heavy atom. The van der Waals surface area contributed by atoms with Gasteiger partial charge in [-0.15, -0.1) is 0 Å². The predicted octanol–water partition coefficient (Wildman–Crippen LogP) is 27.6. The molecule has 0 heterocycles. The van der Waals surface area contributed by atoms with Crippen LogP contribution in [0.5, 0.6) is 23.0 Å². The van der Waals surface area contributed by atoms with Crippen LogP contribution in [0.25, 0.3) is 0 Å². The van der Waals surface area contributed by atoms with E-state index < -0.39 is 34.9 Å². The number of nitrogens with zero attached hydrogens (tertiary/aromatic N) is 2. The normalized spacial score (nSPS) is 11.5. The third-order valence-electron chi connectivity index (χ3n) is 20.8. The van der Waals surface area contributed by atoms with E-state index in [1.165, 1.54) is 381 Å². The zero-order chi connectivity index (χ0) is 75.6. The molecule has 0 fully saturated rings. The van der Waals surface area contributed by atoms with Crippen molar-refractivity contribution in [2.75, 3.05) is 0 Å². The van der Waals surface area contributed by atoms with Crippen LogP contribution in [0, 0.1) is 0 Å². The Bertz CT molecular complexity index is 2720. The van der Waals surface area contributed by atoms with E-state index in [-0.39, 0.29) is 27.6 Å². The summed E-state index contributed by atoms with van der Waals surface area (Å²) in [7, 11) is 0. The summed E-state index contributed by atoms with van der Waals surface area (Å²) in [5.41, 5.74) is 7.95. The van der Waals surface area contributed by atoms with Crippen molar-refractivity contribution in [3.05, 3.63) is 106 Å². The Kier molecular flexibility index (Phi) is 64.6. The molecule has 0 aliphatic rings. The van der Waals surface area contributed by atoms with Gasteiger partial charge in [0.05, 0.1) is 34.7 Å². The average Bonchev–Trinajstić information content (AvgIpc) is 0.841. The van der Waals surface area contributed by atoms with Crippen LogP contribution in [0.1, 0.15) is 444 Å². The second kappa shape index (κ2) is 69.3. The van der Waals surface area contributed by atoms with Crippen molar-refractivity contribution in [1.82, 2.24) is 0 Å². The average molecular weight is 1500 g/mol. The van der Waals surface area contributed by atoms with Crippen LogP contribution in [-0.2, 0) is 42.2 Å². The molecule has 0 unspecified atom stereocenters. The van der Waals surface area contributed by atoms with Crippen LogP contribution >= 0.6 is 0 Å². The summed E-state index contributed by atoms with van der Waals surface area (Å²) in [4.78, 5) is 32.4. The Balaban J connectivity index is 0.00000156. The number of carbonyl (C=O) groups excluding carboxylic acids is 2. The first-order valence-electron chi connectivity index (χ1n) is 43.7. The number of hydrogen-bond acceptors (Lipinski definition) is 10. The Hall–Kier alpha value is -5.15. The summed E-state index contributed by atoms with van der Waals surface area (Å²) in [5, 5.41) is 58.2. The molecule has 0 saturated heterocycles. The summed E-state index contributed by atoms with van der Waals surface area (Å²) in [5.74, 6) is -5.05. The second-order valence-corrected chi connectivity index (χ2v) is 30.4. The number of carbonyl (C=O) groups is 2. The van der Waals surface area contributed by atoms with Gasteiger partial charge in [-0.2, -0.15) is 0 Å². The molecule has 0 radical (unpaired) electrons. The number of carboxylic acids is 2. The van der Waals surface area contributed by atoms with Gasteiger partial charge in [0.1, 0.15) is 0 Å². The third kappa shape index (κ3) is 51.0. The maximum Gasteiger partial charge on any atom is 2.00 e. The molecule has 4 rings (SSSR count). The van der Waals surface area contributed by atoms with Crippen LogP contribution < -0.4 is 10.2 Å². The maximum atomic E-state index is 10.7. The van der Waals surface area contributed by atoms with Gasteiger partial charge in [0.25, 0.3) is 0 Å². The molecule has 11 heteroatoms. The fraction of sp³-hybridized carbons (Fsp3) is 0.702. The summed E-state index contributed by atoms with van der Waals surface area (Å²) < 4.78 is 0. The zero-order valence-electron chi connectivity index (χ0n) is 68.0. The minimum Gasteiger partial charge on any atom is -0.545 e. The number of aromatic carboxylic acids is 2.